The standard InChI is InChI=1S/C20H27NO3.C2H6/c1-5-24-19(23)17-13(4)16-14(21-18(17)12(2)3)10-20(11-15(16)22)8-6-7-9-20;1-2/h12H,5-11H2,1-4H3;1-2H3. The maximum absolute atomic E-state index is 12.9. The van der Waals surface area contributed by atoms with Crippen LogP contribution in [-0.2, 0) is 11.2 Å². The summed E-state index contributed by atoms with van der Waals surface area (Å²) >= 11 is 0. The highest BCUT2D eigenvalue weighted by Crippen LogP contribution is 2.48. The van der Waals surface area contributed by atoms with E-state index < -0.39 is 0 Å². The zero-order chi connectivity index (χ0) is 19.5. The summed E-state index contributed by atoms with van der Waals surface area (Å²) in [5.41, 5.74) is 3.74. The Morgan fingerprint density at radius 1 is 1.19 bits per heavy atom. The summed E-state index contributed by atoms with van der Waals surface area (Å²) in [6, 6.07) is 0. The monoisotopic (exact) mass is 359 g/mol. The van der Waals surface area contributed by atoms with Gasteiger partial charge in [-0.25, -0.2) is 4.79 Å². The van der Waals surface area contributed by atoms with Crippen molar-refractivity contribution in [3.63, 3.8) is 0 Å². The number of fused-ring (bicyclic) bond motifs is 1. The van der Waals surface area contributed by atoms with Crippen molar-refractivity contribution in [2.75, 3.05) is 6.61 Å². The molecule has 1 spiro atoms. The lowest BCUT2D eigenvalue weighted by molar-refractivity contribution is 0.0523. The quantitative estimate of drug-likeness (QED) is 0.678. The Kier molecular flexibility index (Phi) is 6.59. The predicted molar refractivity (Wildman–Crippen MR) is 104 cm³/mol. The van der Waals surface area contributed by atoms with Gasteiger partial charge in [-0.15, -0.1) is 0 Å². The molecule has 0 bridgehead atoms. The minimum atomic E-state index is -0.358. The first-order valence-electron chi connectivity index (χ1n) is 10.1. The number of hydrogen-bond donors (Lipinski definition) is 0. The van der Waals surface area contributed by atoms with Gasteiger partial charge in [0.15, 0.2) is 5.78 Å². The number of carbonyl (C=O) groups excluding carboxylic acids is 2. The van der Waals surface area contributed by atoms with Gasteiger partial charge in [0.25, 0.3) is 0 Å². The van der Waals surface area contributed by atoms with Gasteiger partial charge in [0.05, 0.1) is 23.6 Å². The fraction of sp³-hybridized carbons (Fsp3) is 0.682. The summed E-state index contributed by atoms with van der Waals surface area (Å²) < 4.78 is 5.23. The van der Waals surface area contributed by atoms with Gasteiger partial charge in [-0.2, -0.15) is 0 Å². The van der Waals surface area contributed by atoms with Gasteiger partial charge in [0.1, 0.15) is 0 Å². The van der Waals surface area contributed by atoms with Crippen LogP contribution in [-0.4, -0.2) is 23.3 Å². The average Bonchev–Trinajstić information content (AvgIpc) is 3.03. The van der Waals surface area contributed by atoms with Crippen LogP contribution in [0.25, 0.3) is 0 Å². The van der Waals surface area contributed by atoms with Gasteiger partial charge in [0.2, 0.25) is 0 Å². The second-order valence-corrected chi connectivity index (χ2v) is 7.68. The van der Waals surface area contributed by atoms with Crippen molar-refractivity contribution in [2.45, 2.75) is 86.0 Å². The number of rotatable bonds is 3. The fourth-order valence-electron chi connectivity index (χ4n) is 4.49. The van der Waals surface area contributed by atoms with Gasteiger partial charge >= 0.3 is 5.97 Å². The Morgan fingerprint density at radius 3 is 2.35 bits per heavy atom. The molecule has 4 heteroatoms. The molecule has 0 saturated heterocycles. The van der Waals surface area contributed by atoms with E-state index in [4.69, 9.17) is 9.72 Å². The third-order valence-electron chi connectivity index (χ3n) is 5.60. The number of esters is 1. The topological polar surface area (TPSA) is 56.3 Å². The lowest BCUT2D eigenvalue weighted by Crippen LogP contribution is -2.33. The van der Waals surface area contributed by atoms with Crippen LogP contribution in [0.5, 0.6) is 0 Å². The summed E-state index contributed by atoms with van der Waals surface area (Å²) in [6.45, 7) is 12.1. The van der Waals surface area contributed by atoms with Crippen LogP contribution in [0.4, 0.5) is 0 Å². The molecule has 1 fully saturated rings. The number of pyridine rings is 1. The molecule has 1 saturated carbocycles. The number of carbonyl (C=O) groups is 2. The molecule has 2 aliphatic rings. The van der Waals surface area contributed by atoms with Crippen LogP contribution in [0.15, 0.2) is 0 Å². The SMILES string of the molecule is CC.CCOC(=O)c1c(C(C)C)nc2c(c1C)C(=O)CC1(CCCC1)C2. The van der Waals surface area contributed by atoms with Gasteiger partial charge in [-0.3, -0.25) is 9.78 Å². The molecule has 0 N–H and O–H groups in total. The van der Waals surface area contributed by atoms with Crippen molar-refractivity contribution in [3.05, 3.63) is 28.1 Å². The number of aromatic nitrogens is 1. The van der Waals surface area contributed by atoms with E-state index in [0.29, 0.717) is 24.2 Å². The summed E-state index contributed by atoms with van der Waals surface area (Å²) in [7, 11) is 0. The number of ether oxygens (including phenoxy) is 1. The van der Waals surface area contributed by atoms with Gasteiger partial charge in [-0.1, -0.05) is 40.5 Å². The number of ketones is 1. The van der Waals surface area contributed by atoms with E-state index in [-0.39, 0.29) is 23.1 Å². The summed E-state index contributed by atoms with van der Waals surface area (Å²) in [4.78, 5) is 30.2. The van der Waals surface area contributed by atoms with Crippen LogP contribution in [0.1, 0.15) is 110 Å². The Morgan fingerprint density at radius 2 is 1.81 bits per heavy atom. The second kappa shape index (κ2) is 8.32. The molecule has 144 valence electrons. The lowest BCUT2D eigenvalue weighted by atomic mass is 9.70. The molecular formula is C22H33NO3. The lowest BCUT2D eigenvalue weighted by Gasteiger charge is -2.34. The number of nitrogens with zero attached hydrogens (tertiary/aromatic N) is 1. The molecule has 1 heterocycles. The number of hydrogen-bond acceptors (Lipinski definition) is 4. The minimum absolute atomic E-state index is 0.114. The van der Waals surface area contributed by atoms with Gasteiger partial charge in [0, 0.05) is 12.0 Å². The Bertz CT molecular complexity index is 685. The second-order valence-electron chi connectivity index (χ2n) is 7.68. The smallest absolute Gasteiger partial charge is 0.340 e. The highest BCUT2D eigenvalue weighted by Gasteiger charge is 2.43. The van der Waals surface area contributed by atoms with Gasteiger partial charge in [-0.05, 0) is 50.0 Å². The zero-order valence-electron chi connectivity index (χ0n) is 17.2. The van der Waals surface area contributed by atoms with Crippen molar-refractivity contribution in [1.29, 1.82) is 0 Å². The van der Waals surface area contributed by atoms with Crippen molar-refractivity contribution < 1.29 is 14.3 Å². The van der Waals surface area contributed by atoms with Crippen LogP contribution in [0.2, 0.25) is 0 Å². The molecule has 2 aliphatic carbocycles. The first-order chi connectivity index (χ1) is 12.4. The minimum Gasteiger partial charge on any atom is -0.462 e. The maximum atomic E-state index is 12.9. The molecule has 0 atom stereocenters. The molecule has 1 aromatic heterocycles. The first-order valence-corrected chi connectivity index (χ1v) is 10.1. The zero-order valence-corrected chi connectivity index (χ0v) is 17.2. The first kappa shape index (κ1) is 20.6. The molecule has 0 amide bonds. The fourth-order valence-corrected chi connectivity index (χ4v) is 4.49. The molecule has 0 unspecified atom stereocenters. The normalized spacial score (nSPS) is 17.7. The Hall–Kier alpha value is -1.71. The van der Waals surface area contributed by atoms with Gasteiger partial charge < -0.3 is 4.74 Å². The molecule has 1 aromatic rings. The summed E-state index contributed by atoms with van der Waals surface area (Å²) in [5.74, 6) is -0.0862. The average molecular weight is 360 g/mol. The molecule has 0 aliphatic heterocycles. The van der Waals surface area contributed by atoms with Crippen LogP contribution in [0, 0.1) is 12.3 Å². The molecule has 0 aromatic carbocycles. The third-order valence-corrected chi connectivity index (χ3v) is 5.60. The molecule has 0 radical (unpaired) electrons. The largest absolute Gasteiger partial charge is 0.462 e. The van der Waals surface area contributed by atoms with E-state index in [1.807, 2.05) is 34.6 Å². The summed E-state index contributed by atoms with van der Waals surface area (Å²) in [6.07, 6.45) is 6.13. The summed E-state index contributed by atoms with van der Waals surface area (Å²) in [5, 5.41) is 0. The van der Waals surface area contributed by atoms with Crippen molar-refractivity contribution in [1.82, 2.24) is 4.98 Å². The van der Waals surface area contributed by atoms with E-state index in [0.717, 1.165) is 36.2 Å². The highest BCUT2D eigenvalue weighted by molar-refractivity contribution is 6.03. The van der Waals surface area contributed by atoms with Crippen LogP contribution < -0.4 is 0 Å². The number of Topliss-reactive ketones (excluding diaryl/α,β-unsaturated/α-hetero) is 1. The molecule has 4 nitrogen and oxygen atoms in total. The third kappa shape index (κ3) is 3.70. The molecular weight excluding hydrogens is 326 g/mol. The van der Waals surface area contributed by atoms with Crippen molar-refractivity contribution in [2.24, 2.45) is 5.41 Å². The van der Waals surface area contributed by atoms with Crippen molar-refractivity contribution >= 4 is 11.8 Å². The Balaban J connectivity index is 0.00000117. The maximum Gasteiger partial charge on any atom is 0.340 e. The van der Waals surface area contributed by atoms with E-state index in [9.17, 15) is 9.59 Å². The van der Waals surface area contributed by atoms with Crippen LogP contribution >= 0.6 is 0 Å². The van der Waals surface area contributed by atoms with E-state index in [2.05, 4.69) is 0 Å². The predicted octanol–water partition coefficient (Wildman–Crippen LogP) is 5.41. The van der Waals surface area contributed by atoms with E-state index in [1.165, 1.54) is 12.8 Å². The highest BCUT2D eigenvalue weighted by atomic mass is 16.5. The van der Waals surface area contributed by atoms with E-state index >= 15 is 0 Å². The van der Waals surface area contributed by atoms with Crippen LogP contribution in [0.3, 0.4) is 0 Å². The molecule has 3 rings (SSSR count). The van der Waals surface area contributed by atoms with Crippen molar-refractivity contribution in [3.8, 4) is 0 Å². The molecule has 26 heavy (non-hydrogen) atoms. The van der Waals surface area contributed by atoms with E-state index in [1.54, 1.807) is 6.92 Å². The Labute approximate surface area is 157 Å².